The predicted molar refractivity (Wildman–Crippen MR) is 120 cm³/mol. The van der Waals surface area contributed by atoms with Gasteiger partial charge in [-0.15, -0.1) is 0 Å². The molecule has 0 saturated carbocycles. The minimum absolute atomic E-state index is 0.0317. The second-order valence-corrected chi connectivity index (χ2v) is 8.02. The molecule has 6 N–H and O–H groups in total. The summed E-state index contributed by atoms with van der Waals surface area (Å²) >= 11 is 0. The Morgan fingerprint density at radius 2 is 1.91 bits per heavy atom. The molecule has 1 unspecified atom stereocenters. The van der Waals surface area contributed by atoms with Crippen molar-refractivity contribution < 1.29 is 18.4 Å². The molecular weight excluding hydrogens is 430 g/mol. The number of hydrogen-bond donors (Lipinski definition) is 4. The molecule has 172 valence electrons. The van der Waals surface area contributed by atoms with Crippen LogP contribution in [0.3, 0.4) is 0 Å². The highest BCUT2D eigenvalue weighted by Gasteiger charge is 2.47. The van der Waals surface area contributed by atoms with Crippen molar-refractivity contribution in [2.75, 3.05) is 18.8 Å². The Morgan fingerprint density at radius 3 is 2.52 bits per heavy atom. The minimum atomic E-state index is -3.06. The van der Waals surface area contributed by atoms with Crippen molar-refractivity contribution in [1.82, 2.24) is 20.4 Å². The number of aryl methyl sites for hydroxylation is 1. The molecule has 0 spiro atoms. The number of nitrogens with zero attached hydrogens (tertiary/aromatic N) is 2. The number of alkyl halides is 2. The van der Waals surface area contributed by atoms with E-state index in [4.69, 9.17) is 11.5 Å². The van der Waals surface area contributed by atoms with Gasteiger partial charge in [0.05, 0.1) is 6.54 Å². The van der Waals surface area contributed by atoms with Crippen molar-refractivity contribution in [2.24, 2.45) is 5.73 Å². The van der Waals surface area contributed by atoms with Crippen LogP contribution in [0.4, 0.5) is 14.6 Å². The van der Waals surface area contributed by atoms with Gasteiger partial charge in [-0.3, -0.25) is 9.59 Å². The number of anilines is 1. The lowest BCUT2D eigenvalue weighted by atomic mass is 10.0. The number of nitrogen functional groups attached to an aromatic ring is 1. The van der Waals surface area contributed by atoms with E-state index < -0.39 is 24.4 Å². The molecule has 3 aromatic rings. The lowest BCUT2D eigenvalue weighted by molar-refractivity contribution is -0.0188. The molecule has 10 heteroatoms. The molecule has 0 bridgehead atoms. The van der Waals surface area contributed by atoms with E-state index in [1.54, 1.807) is 36.4 Å². The SMILES string of the molecule is Cc1ccccc1C(=O)NCc1ccc(-c2nn(C3CNCC3(F)F)c(N)c2C(N)=O)cc1. The van der Waals surface area contributed by atoms with Gasteiger partial charge in [-0.1, -0.05) is 42.5 Å². The van der Waals surface area contributed by atoms with Gasteiger partial charge in [-0.25, -0.2) is 13.5 Å². The zero-order chi connectivity index (χ0) is 23.8. The van der Waals surface area contributed by atoms with E-state index >= 15 is 0 Å². The highest BCUT2D eigenvalue weighted by molar-refractivity contribution is 6.03. The first-order valence-corrected chi connectivity index (χ1v) is 10.4. The summed E-state index contributed by atoms with van der Waals surface area (Å²) in [5.74, 6) is -4.30. The average Bonchev–Trinajstić information content (AvgIpc) is 3.30. The monoisotopic (exact) mass is 454 g/mol. The molecule has 1 saturated heterocycles. The molecule has 2 aromatic carbocycles. The van der Waals surface area contributed by atoms with E-state index in [0.717, 1.165) is 15.8 Å². The predicted octanol–water partition coefficient (Wildman–Crippen LogP) is 2.25. The lowest BCUT2D eigenvalue weighted by Gasteiger charge is -2.19. The number of nitrogens with one attached hydrogen (secondary N) is 2. The van der Waals surface area contributed by atoms with E-state index in [1.807, 2.05) is 19.1 Å². The first kappa shape index (κ1) is 22.4. The summed E-state index contributed by atoms with van der Waals surface area (Å²) < 4.78 is 29.5. The van der Waals surface area contributed by atoms with Gasteiger partial charge in [0.25, 0.3) is 17.7 Å². The molecule has 1 fully saturated rings. The normalized spacial score (nSPS) is 17.1. The summed E-state index contributed by atoms with van der Waals surface area (Å²) in [5, 5.41) is 9.71. The van der Waals surface area contributed by atoms with Gasteiger partial charge < -0.3 is 22.1 Å². The van der Waals surface area contributed by atoms with Gasteiger partial charge in [0.1, 0.15) is 23.1 Å². The van der Waals surface area contributed by atoms with Gasteiger partial charge in [0.2, 0.25) is 0 Å². The molecule has 8 nitrogen and oxygen atoms in total. The van der Waals surface area contributed by atoms with Crippen LogP contribution in [-0.4, -0.2) is 40.6 Å². The van der Waals surface area contributed by atoms with Crippen LogP contribution in [0.15, 0.2) is 48.5 Å². The quantitative estimate of drug-likeness (QED) is 0.454. The number of hydrogen-bond acceptors (Lipinski definition) is 5. The Hall–Kier alpha value is -3.79. The summed E-state index contributed by atoms with van der Waals surface area (Å²) in [6, 6.07) is 12.8. The number of primary amides is 1. The molecule has 2 heterocycles. The number of nitrogens with two attached hydrogens (primary N) is 2. The Balaban J connectivity index is 1.56. The number of aromatic nitrogens is 2. The zero-order valence-electron chi connectivity index (χ0n) is 17.9. The molecule has 0 aliphatic carbocycles. The third kappa shape index (κ3) is 4.29. The number of carbonyl (C=O) groups is 2. The van der Waals surface area contributed by atoms with Crippen molar-refractivity contribution in [3.05, 3.63) is 70.8 Å². The van der Waals surface area contributed by atoms with E-state index in [0.29, 0.717) is 11.1 Å². The van der Waals surface area contributed by atoms with E-state index in [9.17, 15) is 18.4 Å². The third-order valence-corrected chi connectivity index (χ3v) is 5.75. The van der Waals surface area contributed by atoms with Crippen molar-refractivity contribution in [1.29, 1.82) is 0 Å². The van der Waals surface area contributed by atoms with Crippen LogP contribution in [0.5, 0.6) is 0 Å². The van der Waals surface area contributed by atoms with Crippen molar-refractivity contribution in [3.8, 4) is 11.3 Å². The van der Waals surface area contributed by atoms with Gasteiger partial charge >= 0.3 is 0 Å². The van der Waals surface area contributed by atoms with E-state index in [1.165, 1.54) is 0 Å². The first-order chi connectivity index (χ1) is 15.7. The number of rotatable bonds is 6. The standard InChI is InChI=1S/C23H24F2N6O2/c1-13-4-2-3-5-16(13)22(33)29-10-14-6-8-15(9-7-14)19-18(21(27)32)20(26)31(30-19)17-11-28-12-23(17,24)25/h2-9,17,28H,10-12,26H2,1H3,(H2,27,32)(H,29,33). The average molecular weight is 454 g/mol. The maximum absolute atomic E-state index is 14.2. The second kappa shape index (κ2) is 8.62. The topological polar surface area (TPSA) is 128 Å². The van der Waals surface area contributed by atoms with Crippen molar-refractivity contribution >= 4 is 17.6 Å². The number of benzene rings is 2. The summed E-state index contributed by atoms with van der Waals surface area (Å²) in [5.41, 5.74) is 14.3. The highest BCUT2D eigenvalue weighted by Crippen LogP contribution is 2.37. The smallest absolute Gasteiger partial charge is 0.283 e. The van der Waals surface area contributed by atoms with Crippen LogP contribution < -0.4 is 22.1 Å². The third-order valence-electron chi connectivity index (χ3n) is 5.75. The van der Waals surface area contributed by atoms with Gasteiger partial charge in [-0.2, -0.15) is 5.10 Å². The highest BCUT2D eigenvalue weighted by atomic mass is 19.3. The maximum atomic E-state index is 14.2. The number of amides is 2. The molecule has 1 atom stereocenters. The Bertz CT molecular complexity index is 1210. The van der Waals surface area contributed by atoms with E-state index in [-0.39, 0.29) is 36.1 Å². The fourth-order valence-electron chi connectivity index (χ4n) is 3.92. The Kier molecular flexibility index (Phi) is 5.86. The summed E-state index contributed by atoms with van der Waals surface area (Å²) in [4.78, 5) is 24.5. The molecule has 0 radical (unpaired) electrons. The second-order valence-electron chi connectivity index (χ2n) is 8.02. The summed E-state index contributed by atoms with van der Waals surface area (Å²) in [6.07, 6.45) is 0. The largest absolute Gasteiger partial charge is 0.383 e. The van der Waals surface area contributed by atoms with Crippen molar-refractivity contribution in [3.63, 3.8) is 0 Å². The van der Waals surface area contributed by atoms with Crippen LogP contribution in [-0.2, 0) is 6.54 Å². The summed E-state index contributed by atoms with van der Waals surface area (Å²) in [7, 11) is 0. The summed E-state index contributed by atoms with van der Waals surface area (Å²) in [6.45, 7) is 1.62. The number of halogens is 2. The molecular formula is C23H24F2N6O2. The van der Waals surface area contributed by atoms with Gasteiger partial charge in [0.15, 0.2) is 0 Å². The Labute approximate surface area is 189 Å². The van der Waals surface area contributed by atoms with Crippen LogP contribution in [0.25, 0.3) is 11.3 Å². The van der Waals surface area contributed by atoms with Gasteiger partial charge in [-0.05, 0) is 24.1 Å². The molecule has 1 aliphatic heterocycles. The Morgan fingerprint density at radius 1 is 1.21 bits per heavy atom. The van der Waals surface area contributed by atoms with Gasteiger partial charge in [0, 0.05) is 24.2 Å². The minimum Gasteiger partial charge on any atom is -0.383 e. The van der Waals surface area contributed by atoms with Crippen LogP contribution >= 0.6 is 0 Å². The molecule has 2 amide bonds. The van der Waals surface area contributed by atoms with Crippen molar-refractivity contribution in [2.45, 2.75) is 25.4 Å². The van der Waals surface area contributed by atoms with E-state index in [2.05, 4.69) is 15.7 Å². The zero-order valence-corrected chi connectivity index (χ0v) is 17.9. The molecule has 33 heavy (non-hydrogen) atoms. The van der Waals surface area contributed by atoms with Crippen LogP contribution in [0.2, 0.25) is 0 Å². The molecule has 1 aromatic heterocycles. The lowest BCUT2D eigenvalue weighted by Crippen LogP contribution is -2.31. The fraction of sp³-hybridized carbons (Fsp3) is 0.261. The molecule has 4 rings (SSSR count). The van der Waals surface area contributed by atoms with Crippen LogP contribution in [0.1, 0.15) is 37.9 Å². The maximum Gasteiger partial charge on any atom is 0.283 e. The number of carbonyl (C=O) groups excluding carboxylic acids is 2. The first-order valence-electron chi connectivity index (χ1n) is 10.4. The fourth-order valence-corrected chi connectivity index (χ4v) is 3.92. The van der Waals surface area contributed by atoms with Crippen LogP contribution in [0, 0.1) is 6.92 Å². The molecule has 1 aliphatic rings.